The van der Waals surface area contributed by atoms with Gasteiger partial charge in [-0.05, 0) is 17.7 Å². The number of halogens is 1. The quantitative estimate of drug-likeness (QED) is 0.879. The van der Waals surface area contributed by atoms with E-state index < -0.39 is 11.9 Å². The van der Waals surface area contributed by atoms with Crippen molar-refractivity contribution in [3.8, 4) is 0 Å². The molecule has 0 atom stereocenters. The zero-order valence-corrected chi connectivity index (χ0v) is 10.6. The summed E-state index contributed by atoms with van der Waals surface area (Å²) in [5, 5.41) is 15.3. The Kier molecular flexibility index (Phi) is 3.79. The highest BCUT2D eigenvalue weighted by Crippen LogP contribution is 2.08. The molecule has 2 rings (SSSR count). The Hall–Kier alpha value is -2.70. The molecule has 104 valence electrons. The van der Waals surface area contributed by atoms with Crippen LogP contribution >= 0.6 is 0 Å². The predicted molar refractivity (Wildman–Crippen MR) is 67.7 cm³/mol. The molecule has 0 fully saturated rings. The summed E-state index contributed by atoms with van der Waals surface area (Å²) in [5.41, 5.74) is 0.518. The molecule has 1 aromatic carbocycles. The van der Waals surface area contributed by atoms with E-state index >= 15 is 0 Å². The van der Waals surface area contributed by atoms with Crippen molar-refractivity contribution < 1.29 is 19.1 Å². The lowest BCUT2D eigenvalue weighted by Gasteiger charge is -2.05. The number of rotatable bonds is 4. The van der Waals surface area contributed by atoms with Crippen molar-refractivity contribution in [2.75, 3.05) is 0 Å². The minimum Gasteiger partial charge on any atom is -0.477 e. The van der Waals surface area contributed by atoms with Crippen molar-refractivity contribution in [1.82, 2.24) is 15.1 Å². The lowest BCUT2D eigenvalue weighted by molar-refractivity contribution is 0.0679. The molecule has 2 N–H and O–H groups in total. The Balaban J connectivity index is 2.09. The van der Waals surface area contributed by atoms with Crippen LogP contribution in [0.15, 0.2) is 30.5 Å². The predicted octanol–water partition coefficient (Wildman–Crippen LogP) is 1.19. The summed E-state index contributed by atoms with van der Waals surface area (Å²) in [6, 6.07) is 5.65. The Labute approximate surface area is 113 Å². The summed E-state index contributed by atoms with van der Waals surface area (Å²) < 4.78 is 13.9. The van der Waals surface area contributed by atoms with E-state index in [-0.39, 0.29) is 23.6 Å². The molecule has 0 bridgehead atoms. The zero-order chi connectivity index (χ0) is 14.7. The lowest BCUT2D eigenvalue weighted by atomic mass is 10.2. The van der Waals surface area contributed by atoms with Crippen LogP contribution in [0, 0.1) is 5.82 Å². The molecule has 1 amide bonds. The highest BCUT2D eigenvalue weighted by atomic mass is 19.1. The van der Waals surface area contributed by atoms with Gasteiger partial charge in [-0.3, -0.25) is 9.48 Å². The molecule has 0 saturated heterocycles. The van der Waals surface area contributed by atoms with Crippen molar-refractivity contribution >= 4 is 11.9 Å². The standard InChI is InChI=1S/C13H12FN3O3/c1-17-11(13(19)20)10(7-16-17)12(18)15-6-8-2-4-9(14)5-3-8/h2-5,7H,6H2,1H3,(H,15,18)(H,19,20). The van der Waals surface area contributed by atoms with Crippen LogP contribution in [0.1, 0.15) is 26.4 Å². The third kappa shape index (κ3) is 2.82. The van der Waals surface area contributed by atoms with Gasteiger partial charge in [-0.2, -0.15) is 5.10 Å². The molecule has 20 heavy (non-hydrogen) atoms. The number of carbonyl (C=O) groups excluding carboxylic acids is 1. The largest absolute Gasteiger partial charge is 0.477 e. The molecule has 1 aromatic heterocycles. The van der Waals surface area contributed by atoms with E-state index in [0.717, 1.165) is 4.68 Å². The van der Waals surface area contributed by atoms with Gasteiger partial charge < -0.3 is 10.4 Å². The van der Waals surface area contributed by atoms with Gasteiger partial charge in [0.25, 0.3) is 5.91 Å². The summed E-state index contributed by atoms with van der Waals surface area (Å²) >= 11 is 0. The fraction of sp³-hybridized carbons (Fsp3) is 0.154. The van der Waals surface area contributed by atoms with E-state index in [9.17, 15) is 14.0 Å². The van der Waals surface area contributed by atoms with Gasteiger partial charge in [0.15, 0.2) is 5.69 Å². The van der Waals surface area contributed by atoms with Gasteiger partial charge in [0.05, 0.1) is 11.8 Å². The molecule has 2 aromatic rings. The maximum absolute atomic E-state index is 12.7. The second-order valence-electron chi connectivity index (χ2n) is 4.14. The number of carbonyl (C=O) groups is 2. The van der Waals surface area contributed by atoms with Crippen LogP contribution in [0.4, 0.5) is 4.39 Å². The van der Waals surface area contributed by atoms with Crippen molar-refractivity contribution in [1.29, 1.82) is 0 Å². The summed E-state index contributed by atoms with van der Waals surface area (Å²) in [5.74, 6) is -2.13. The first-order chi connectivity index (χ1) is 9.49. The first-order valence-electron chi connectivity index (χ1n) is 5.77. The molecule has 7 heteroatoms. The van der Waals surface area contributed by atoms with Crippen LogP contribution in [0.5, 0.6) is 0 Å². The number of aryl methyl sites for hydroxylation is 1. The number of nitrogens with one attached hydrogen (secondary N) is 1. The van der Waals surface area contributed by atoms with Crippen molar-refractivity contribution in [2.24, 2.45) is 7.05 Å². The van der Waals surface area contributed by atoms with E-state index in [0.29, 0.717) is 5.56 Å². The molecular formula is C13H12FN3O3. The van der Waals surface area contributed by atoms with Crippen LogP contribution in [-0.4, -0.2) is 26.8 Å². The average Bonchev–Trinajstić information content (AvgIpc) is 2.80. The van der Waals surface area contributed by atoms with Gasteiger partial charge in [-0.1, -0.05) is 12.1 Å². The molecule has 0 aliphatic carbocycles. The molecular weight excluding hydrogens is 265 g/mol. The van der Waals surface area contributed by atoms with E-state index in [1.807, 2.05) is 0 Å². The Morgan fingerprint density at radius 1 is 1.35 bits per heavy atom. The average molecular weight is 277 g/mol. The van der Waals surface area contributed by atoms with Crippen LogP contribution in [0.3, 0.4) is 0 Å². The molecule has 0 aliphatic heterocycles. The number of nitrogens with zero attached hydrogens (tertiary/aromatic N) is 2. The second kappa shape index (κ2) is 5.52. The Morgan fingerprint density at radius 2 is 2.00 bits per heavy atom. The van der Waals surface area contributed by atoms with E-state index in [1.165, 1.54) is 37.5 Å². The fourth-order valence-corrected chi connectivity index (χ4v) is 1.74. The lowest BCUT2D eigenvalue weighted by Crippen LogP contribution is -2.24. The first kappa shape index (κ1) is 13.7. The van der Waals surface area contributed by atoms with Gasteiger partial charge in [-0.15, -0.1) is 0 Å². The number of carboxylic acid groups (broad SMARTS) is 1. The second-order valence-corrected chi connectivity index (χ2v) is 4.14. The molecule has 0 radical (unpaired) electrons. The Morgan fingerprint density at radius 3 is 2.60 bits per heavy atom. The monoisotopic (exact) mass is 277 g/mol. The summed E-state index contributed by atoms with van der Waals surface area (Å²) in [6.45, 7) is 0.174. The van der Waals surface area contributed by atoms with Gasteiger partial charge in [0, 0.05) is 13.6 Å². The molecule has 0 aliphatic rings. The van der Waals surface area contributed by atoms with Crippen molar-refractivity contribution in [3.63, 3.8) is 0 Å². The van der Waals surface area contributed by atoms with E-state index in [2.05, 4.69) is 10.4 Å². The first-order valence-corrected chi connectivity index (χ1v) is 5.77. The van der Waals surface area contributed by atoms with Gasteiger partial charge in [0.2, 0.25) is 0 Å². The number of benzene rings is 1. The molecule has 0 spiro atoms. The van der Waals surface area contributed by atoms with Gasteiger partial charge in [-0.25, -0.2) is 9.18 Å². The van der Waals surface area contributed by atoms with Crippen LogP contribution < -0.4 is 5.32 Å². The molecule has 0 saturated carbocycles. The number of aromatic carboxylic acids is 1. The third-order valence-electron chi connectivity index (χ3n) is 2.75. The third-order valence-corrected chi connectivity index (χ3v) is 2.75. The number of amides is 1. The minimum absolute atomic E-state index is 0.0119. The maximum Gasteiger partial charge on any atom is 0.354 e. The van der Waals surface area contributed by atoms with Crippen LogP contribution in [0.25, 0.3) is 0 Å². The zero-order valence-electron chi connectivity index (χ0n) is 10.6. The molecule has 6 nitrogen and oxygen atoms in total. The van der Waals surface area contributed by atoms with E-state index in [1.54, 1.807) is 0 Å². The van der Waals surface area contributed by atoms with Crippen LogP contribution in [-0.2, 0) is 13.6 Å². The minimum atomic E-state index is -1.23. The number of hydrogen-bond acceptors (Lipinski definition) is 3. The smallest absolute Gasteiger partial charge is 0.354 e. The van der Waals surface area contributed by atoms with Gasteiger partial charge in [0.1, 0.15) is 5.82 Å². The maximum atomic E-state index is 12.7. The molecule has 0 unspecified atom stereocenters. The highest BCUT2D eigenvalue weighted by Gasteiger charge is 2.21. The number of carboxylic acids is 1. The summed E-state index contributed by atoms with van der Waals surface area (Å²) in [7, 11) is 1.44. The fourth-order valence-electron chi connectivity index (χ4n) is 1.74. The topological polar surface area (TPSA) is 84.2 Å². The summed E-state index contributed by atoms with van der Waals surface area (Å²) in [4.78, 5) is 23.0. The number of hydrogen-bond donors (Lipinski definition) is 2. The number of aromatic nitrogens is 2. The van der Waals surface area contributed by atoms with Gasteiger partial charge >= 0.3 is 5.97 Å². The summed E-state index contributed by atoms with van der Waals surface area (Å²) in [6.07, 6.45) is 1.20. The highest BCUT2D eigenvalue weighted by molar-refractivity contribution is 6.03. The van der Waals surface area contributed by atoms with Crippen LogP contribution in [0.2, 0.25) is 0 Å². The van der Waals surface area contributed by atoms with Crippen molar-refractivity contribution in [3.05, 3.63) is 53.1 Å². The molecule has 1 heterocycles. The normalized spacial score (nSPS) is 10.3. The van der Waals surface area contributed by atoms with Crippen molar-refractivity contribution in [2.45, 2.75) is 6.54 Å². The SMILES string of the molecule is Cn1ncc(C(=O)NCc2ccc(F)cc2)c1C(=O)O. The van der Waals surface area contributed by atoms with E-state index in [4.69, 9.17) is 5.11 Å². The Bertz CT molecular complexity index is 649.